The molecular formula is C20H20N2O4. The van der Waals surface area contributed by atoms with Crippen LogP contribution in [0.5, 0.6) is 0 Å². The molecule has 0 aliphatic carbocycles. The van der Waals surface area contributed by atoms with E-state index in [-0.39, 0.29) is 11.8 Å². The lowest BCUT2D eigenvalue weighted by molar-refractivity contribution is -0.630. The molecule has 6 heteroatoms. The summed E-state index contributed by atoms with van der Waals surface area (Å²) in [6.45, 7) is 3.74. The van der Waals surface area contributed by atoms with Crippen LogP contribution in [0, 0.1) is 0 Å². The lowest BCUT2D eigenvalue weighted by Gasteiger charge is -2.65. The number of hydrogen-bond donors (Lipinski definition) is 0. The summed E-state index contributed by atoms with van der Waals surface area (Å²) >= 11 is 0. The zero-order valence-corrected chi connectivity index (χ0v) is 14.7. The molecule has 2 aromatic rings. The van der Waals surface area contributed by atoms with Crippen LogP contribution in [-0.4, -0.2) is 34.7 Å². The van der Waals surface area contributed by atoms with Gasteiger partial charge in [-0.25, -0.2) is 0 Å². The zero-order chi connectivity index (χ0) is 18.4. The van der Waals surface area contributed by atoms with Gasteiger partial charge in [-0.1, -0.05) is 60.7 Å². The second-order valence-electron chi connectivity index (χ2n) is 6.53. The lowest BCUT2D eigenvalue weighted by atomic mass is 9.79. The normalized spacial score (nSPS) is 27.5. The molecule has 2 saturated heterocycles. The van der Waals surface area contributed by atoms with Gasteiger partial charge in [-0.15, -0.1) is 0 Å². The van der Waals surface area contributed by atoms with Gasteiger partial charge < -0.3 is 9.80 Å². The molecule has 2 atom stereocenters. The fraction of sp³-hybridized carbons (Fsp3) is 0.300. The van der Waals surface area contributed by atoms with E-state index in [1.165, 1.54) is 13.8 Å². The van der Waals surface area contributed by atoms with E-state index in [1.54, 1.807) is 9.80 Å². The Bertz CT molecular complexity index is 770. The van der Waals surface area contributed by atoms with E-state index in [9.17, 15) is 9.59 Å². The Labute approximate surface area is 151 Å². The first-order valence-corrected chi connectivity index (χ1v) is 8.58. The largest absolute Gasteiger partial charge is 0.302 e. The standard InChI is InChI=1S/C20H20N2O4/c1-15(23)21-13-14-22(16(2)24)20(18-11-7-4-8-12-18)19(21,25-26-20)17-9-5-3-6-10-17/h3-12H,13-14H2,1-2H3. The molecule has 6 nitrogen and oxygen atoms in total. The lowest BCUT2D eigenvalue weighted by Crippen LogP contribution is -2.81. The Hall–Kier alpha value is -2.70. The van der Waals surface area contributed by atoms with Crippen molar-refractivity contribution in [2.45, 2.75) is 25.3 Å². The summed E-state index contributed by atoms with van der Waals surface area (Å²) in [5, 5.41) is 0. The van der Waals surface area contributed by atoms with Gasteiger partial charge in [0.1, 0.15) is 0 Å². The number of fused-ring (bicyclic) bond motifs is 1. The number of hydrogen-bond acceptors (Lipinski definition) is 4. The topological polar surface area (TPSA) is 59.1 Å². The molecule has 0 radical (unpaired) electrons. The molecule has 0 bridgehead atoms. The summed E-state index contributed by atoms with van der Waals surface area (Å²) < 4.78 is 0. The van der Waals surface area contributed by atoms with Crippen LogP contribution in [0.25, 0.3) is 0 Å². The number of amides is 2. The number of carbonyl (C=O) groups excluding carboxylic acids is 2. The van der Waals surface area contributed by atoms with E-state index >= 15 is 0 Å². The summed E-state index contributed by atoms with van der Waals surface area (Å²) in [5.41, 5.74) is -0.941. The predicted molar refractivity (Wildman–Crippen MR) is 93.2 cm³/mol. The Morgan fingerprint density at radius 2 is 1.08 bits per heavy atom. The smallest absolute Gasteiger partial charge is 0.259 e. The van der Waals surface area contributed by atoms with E-state index in [4.69, 9.17) is 9.78 Å². The van der Waals surface area contributed by atoms with Crippen molar-refractivity contribution in [3.05, 3.63) is 71.8 Å². The van der Waals surface area contributed by atoms with Gasteiger partial charge >= 0.3 is 0 Å². The van der Waals surface area contributed by atoms with Gasteiger partial charge in [-0.3, -0.25) is 9.59 Å². The number of piperazine rings is 1. The van der Waals surface area contributed by atoms with Crippen LogP contribution in [0.15, 0.2) is 60.7 Å². The van der Waals surface area contributed by atoms with Crippen molar-refractivity contribution in [2.24, 2.45) is 0 Å². The Morgan fingerprint density at radius 1 is 0.731 bits per heavy atom. The summed E-state index contributed by atoms with van der Waals surface area (Å²) in [7, 11) is 0. The highest BCUT2D eigenvalue weighted by atomic mass is 17.3. The minimum atomic E-state index is -1.23. The van der Waals surface area contributed by atoms with E-state index in [2.05, 4.69) is 0 Å². The molecule has 2 aliphatic rings. The molecule has 26 heavy (non-hydrogen) atoms. The van der Waals surface area contributed by atoms with E-state index in [0.29, 0.717) is 13.1 Å². The van der Waals surface area contributed by atoms with Crippen LogP contribution in [0.3, 0.4) is 0 Å². The number of benzene rings is 2. The van der Waals surface area contributed by atoms with Gasteiger partial charge in [0.2, 0.25) is 11.8 Å². The van der Waals surface area contributed by atoms with Crippen molar-refractivity contribution in [2.75, 3.05) is 13.1 Å². The molecule has 0 aromatic heterocycles. The van der Waals surface area contributed by atoms with E-state index in [0.717, 1.165) is 11.1 Å². The molecule has 4 rings (SSSR count). The quantitative estimate of drug-likeness (QED) is 0.779. The molecular weight excluding hydrogens is 332 g/mol. The zero-order valence-electron chi connectivity index (χ0n) is 14.7. The molecule has 2 heterocycles. The molecule has 2 unspecified atom stereocenters. The van der Waals surface area contributed by atoms with E-state index < -0.39 is 11.4 Å². The Kier molecular flexibility index (Phi) is 3.82. The third-order valence-corrected chi connectivity index (χ3v) is 5.14. The molecule has 2 fully saturated rings. The van der Waals surface area contributed by atoms with Gasteiger partial charge in [-0.05, 0) is 0 Å². The maximum absolute atomic E-state index is 12.5. The third-order valence-electron chi connectivity index (χ3n) is 5.14. The molecule has 134 valence electrons. The summed E-state index contributed by atoms with van der Waals surface area (Å²) in [6.07, 6.45) is 0. The first kappa shape index (κ1) is 16.8. The van der Waals surface area contributed by atoms with Crippen LogP contribution in [-0.2, 0) is 30.8 Å². The monoisotopic (exact) mass is 352 g/mol. The maximum atomic E-state index is 12.5. The van der Waals surface area contributed by atoms with Crippen LogP contribution >= 0.6 is 0 Å². The van der Waals surface area contributed by atoms with Gasteiger partial charge in [0.05, 0.1) is 0 Å². The van der Waals surface area contributed by atoms with Crippen LogP contribution in [0.1, 0.15) is 25.0 Å². The number of carbonyl (C=O) groups is 2. The predicted octanol–water partition coefficient (Wildman–Crippen LogP) is 2.36. The third kappa shape index (κ3) is 2.00. The van der Waals surface area contributed by atoms with Crippen molar-refractivity contribution in [1.29, 1.82) is 0 Å². The van der Waals surface area contributed by atoms with Crippen LogP contribution in [0.2, 0.25) is 0 Å². The van der Waals surface area contributed by atoms with Crippen molar-refractivity contribution in [1.82, 2.24) is 9.80 Å². The van der Waals surface area contributed by atoms with Gasteiger partial charge in [-0.2, -0.15) is 9.78 Å². The van der Waals surface area contributed by atoms with Crippen molar-refractivity contribution < 1.29 is 19.4 Å². The minimum Gasteiger partial charge on any atom is -0.302 e. The fourth-order valence-electron chi connectivity index (χ4n) is 4.06. The molecule has 0 spiro atoms. The second kappa shape index (κ2) is 5.93. The van der Waals surface area contributed by atoms with Gasteiger partial charge in [0.25, 0.3) is 11.4 Å². The molecule has 0 saturated carbocycles. The highest BCUT2D eigenvalue weighted by Gasteiger charge is 2.75. The molecule has 2 aliphatic heterocycles. The fourth-order valence-corrected chi connectivity index (χ4v) is 4.06. The van der Waals surface area contributed by atoms with Crippen LogP contribution in [0.4, 0.5) is 0 Å². The molecule has 2 amide bonds. The van der Waals surface area contributed by atoms with Crippen molar-refractivity contribution in [3.63, 3.8) is 0 Å². The molecule has 0 N–H and O–H groups in total. The van der Waals surface area contributed by atoms with Gasteiger partial charge in [0.15, 0.2) is 0 Å². The second-order valence-corrected chi connectivity index (χ2v) is 6.53. The first-order valence-electron chi connectivity index (χ1n) is 8.58. The Balaban J connectivity index is 2.01. The van der Waals surface area contributed by atoms with Crippen molar-refractivity contribution >= 4 is 11.8 Å². The SMILES string of the molecule is CC(=O)N1CCN(C(C)=O)C2(c3ccccc3)OOC12c1ccccc1. The van der Waals surface area contributed by atoms with E-state index in [1.807, 2.05) is 60.7 Å². The highest BCUT2D eigenvalue weighted by Crippen LogP contribution is 2.60. The van der Waals surface area contributed by atoms with Crippen LogP contribution < -0.4 is 0 Å². The summed E-state index contributed by atoms with van der Waals surface area (Å²) in [4.78, 5) is 39.8. The average molecular weight is 352 g/mol. The minimum absolute atomic E-state index is 0.138. The summed E-state index contributed by atoms with van der Waals surface area (Å²) in [5.74, 6) is -0.277. The van der Waals surface area contributed by atoms with Gasteiger partial charge in [0, 0.05) is 38.1 Å². The highest BCUT2D eigenvalue weighted by molar-refractivity contribution is 5.78. The summed E-state index contributed by atoms with van der Waals surface area (Å²) in [6, 6.07) is 18.9. The van der Waals surface area contributed by atoms with Crippen molar-refractivity contribution in [3.8, 4) is 0 Å². The molecule has 2 aromatic carbocycles. The number of rotatable bonds is 2. The maximum Gasteiger partial charge on any atom is 0.259 e. The number of nitrogens with zero attached hydrogens (tertiary/aromatic N) is 2. The Morgan fingerprint density at radius 3 is 1.35 bits per heavy atom. The first-order chi connectivity index (χ1) is 12.5. The average Bonchev–Trinajstić information content (AvgIpc) is 2.63.